The molecule has 1 aliphatic rings. The molecule has 16 heavy (non-hydrogen) atoms. The van der Waals surface area contributed by atoms with Gasteiger partial charge in [-0.2, -0.15) is 0 Å². The molecule has 0 radical (unpaired) electrons. The summed E-state index contributed by atoms with van der Waals surface area (Å²) in [5.41, 5.74) is 0.876. The number of hydrogen-bond donors (Lipinski definition) is 2. The molecule has 0 spiro atoms. The maximum atomic E-state index is 11.7. The molecule has 0 bridgehead atoms. The van der Waals surface area contributed by atoms with Gasteiger partial charge in [0, 0.05) is 18.7 Å². The first-order valence-corrected chi connectivity index (χ1v) is 5.70. The van der Waals surface area contributed by atoms with Crippen molar-refractivity contribution in [3.8, 4) is 0 Å². The third-order valence-electron chi connectivity index (χ3n) is 3.26. The second kappa shape index (κ2) is 4.66. The van der Waals surface area contributed by atoms with Crippen molar-refractivity contribution in [2.45, 2.75) is 19.3 Å². The molecule has 0 aromatic heterocycles. The van der Waals surface area contributed by atoms with Crippen LogP contribution in [0.3, 0.4) is 0 Å². The average Bonchev–Trinajstić information content (AvgIpc) is 3.08. The Morgan fingerprint density at radius 3 is 2.56 bits per heavy atom. The standard InChI is InChI=1S/C13H17NO2/c15-9-8-13(6-7-13)10-14-12(16)11-4-2-1-3-5-11/h1-5,15H,6-10H2,(H,14,16). The lowest BCUT2D eigenvalue weighted by atomic mass is 10.0. The van der Waals surface area contributed by atoms with E-state index in [9.17, 15) is 4.79 Å². The van der Waals surface area contributed by atoms with Crippen LogP contribution < -0.4 is 5.32 Å². The van der Waals surface area contributed by atoms with Crippen molar-refractivity contribution < 1.29 is 9.90 Å². The van der Waals surface area contributed by atoms with Crippen LogP contribution in [0, 0.1) is 5.41 Å². The summed E-state index contributed by atoms with van der Waals surface area (Å²) in [5, 5.41) is 11.8. The van der Waals surface area contributed by atoms with Gasteiger partial charge in [0.2, 0.25) is 0 Å². The Hall–Kier alpha value is -1.35. The van der Waals surface area contributed by atoms with E-state index in [4.69, 9.17) is 5.11 Å². The average molecular weight is 219 g/mol. The number of rotatable bonds is 5. The first-order valence-electron chi connectivity index (χ1n) is 5.70. The van der Waals surface area contributed by atoms with Gasteiger partial charge in [-0.1, -0.05) is 18.2 Å². The van der Waals surface area contributed by atoms with Crippen molar-refractivity contribution in [1.29, 1.82) is 0 Å². The number of hydrogen-bond acceptors (Lipinski definition) is 2. The van der Waals surface area contributed by atoms with E-state index < -0.39 is 0 Å². The third kappa shape index (κ3) is 2.61. The molecule has 1 aromatic rings. The lowest BCUT2D eigenvalue weighted by Crippen LogP contribution is -2.30. The Bertz CT molecular complexity index is 357. The molecule has 1 saturated carbocycles. The zero-order valence-corrected chi connectivity index (χ0v) is 9.28. The summed E-state index contributed by atoms with van der Waals surface area (Å²) in [5.74, 6) is -0.0233. The Morgan fingerprint density at radius 2 is 2.00 bits per heavy atom. The van der Waals surface area contributed by atoms with Crippen LogP contribution in [0.2, 0.25) is 0 Å². The summed E-state index contributed by atoms with van der Waals surface area (Å²) < 4.78 is 0. The van der Waals surface area contributed by atoms with Gasteiger partial charge in [-0.15, -0.1) is 0 Å². The maximum Gasteiger partial charge on any atom is 0.251 e. The van der Waals surface area contributed by atoms with Gasteiger partial charge in [0.15, 0.2) is 0 Å². The monoisotopic (exact) mass is 219 g/mol. The van der Waals surface area contributed by atoms with Gasteiger partial charge in [0.05, 0.1) is 0 Å². The molecular formula is C13H17NO2. The van der Waals surface area contributed by atoms with Gasteiger partial charge in [-0.25, -0.2) is 0 Å². The van der Waals surface area contributed by atoms with Crippen molar-refractivity contribution in [3.63, 3.8) is 0 Å². The molecule has 0 unspecified atom stereocenters. The molecule has 3 heteroatoms. The summed E-state index contributed by atoms with van der Waals surface area (Å²) in [6, 6.07) is 9.22. The molecule has 1 aliphatic carbocycles. The summed E-state index contributed by atoms with van der Waals surface area (Å²) >= 11 is 0. The van der Waals surface area contributed by atoms with Crippen LogP contribution in [-0.4, -0.2) is 24.2 Å². The molecule has 0 atom stereocenters. The van der Waals surface area contributed by atoms with E-state index in [2.05, 4.69) is 5.32 Å². The van der Waals surface area contributed by atoms with Crippen molar-refractivity contribution in [2.75, 3.05) is 13.2 Å². The number of amides is 1. The van der Waals surface area contributed by atoms with E-state index in [0.29, 0.717) is 12.1 Å². The van der Waals surface area contributed by atoms with E-state index in [1.807, 2.05) is 18.2 Å². The molecule has 0 aliphatic heterocycles. The smallest absolute Gasteiger partial charge is 0.251 e. The lowest BCUT2D eigenvalue weighted by molar-refractivity contribution is 0.0941. The van der Waals surface area contributed by atoms with Crippen LogP contribution in [-0.2, 0) is 0 Å². The summed E-state index contributed by atoms with van der Waals surface area (Å²) in [6.07, 6.45) is 3.02. The summed E-state index contributed by atoms with van der Waals surface area (Å²) in [7, 11) is 0. The van der Waals surface area contributed by atoms with Crippen LogP contribution in [0.15, 0.2) is 30.3 Å². The van der Waals surface area contributed by atoms with Gasteiger partial charge in [0.25, 0.3) is 5.91 Å². The lowest BCUT2D eigenvalue weighted by Gasteiger charge is -2.14. The molecule has 1 fully saturated rings. The minimum absolute atomic E-state index is 0.0233. The number of aliphatic hydroxyl groups excluding tert-OH is 1. The fourth-order valence-corrected chi connectivity index (χ4v) is 1.89. The molecule has 0 heterocycles. The number of nitrogens with one attached hydrogen (secondary N) is 1. The van der Waals surface area contributed by atoms with Crippen molar-refractivity contribution in [3.05, 3.63) is 35.9 Å². The Balaban J connectivity index is 1.85. The minimum Gasteiger partial charge on any atom is -0.396 e. The molecule has 2 N–H and O–H groups in total. The number of carbonyl (C=O) groups is 1. The summed E-state index contributed by atoms with van der Waals surface area (Å²) in [4.78, 5) is 11.7. The fourth-order valence-electron chi connectivity index (χ4n) is 1.89. The van der Waals surface area contributed by atoms with Crippen LogP contribution in [0.1, 0.15) is 29.6 Å². The van der Waals surface area contributed by atoms with Crippen LogP contribution in [0.25, 0.3) is 0 Å². The number of carbonyl (C=O) groups excluding carboxylic acids is 1. The van der Waals surface area contributed by atoms with E-state index >= 15 is 0 Å². The highest BCUT2D eigenvalue weighted by Crippen LogP contribution is 2.47. The highest BCUT2D eigenvalue weighted by atomic mass is 16.3. The largest absolute Gasteiger partial charge is 0.396 e. The predicted molar refractivity (Wildman–Crippen MR) is 62.1 cm³/mol. The first-order chi connectivity index (χ1) is 7.76. The molecule has 2 rings (SSSR count). The number of benzene rings is 1. The van der Waals surface area contributed by atoms with Crippen molar-refractivity contribution >= 4 is 5.91 Å². The number of aliphatic hydroxyl groups is 1. The second-order valence-electron chi connectivity index (χ2n) is 4.52. The van der Waals surface area contributed by atoms with Gasteiger partial charge in [-0.3, -0.25) is 4.79 Å². The van der Waals surface area contributed by atoms with E-state index in [1.54, 1.807) is 12.1 Å². The molecule has 3 nitrogen and oxygen atoms in total. The highest BCUT2D eigenvalue weighted by Gasteiger charge is 2.41. The summed E-state index contributed by atoms with van der Waals surface area (Å²) in [6.45, 7) is 0.891. The predicted octanol–water partition coefficient (Wildman–Crippen LogP) is 1.58. The van der Waals surface area contributed by atoms with E-state index in [-0.39, 0.29) is 17.9 Å². The van der Waals surface area contributed by atoms with Crippen molar-refractivity contribution in [1.82, 2.24) is 5.32 Å². The Morgan fingerprint density at radius 1 is 1.31 bits per heavy atom. The normalized spacial score (nSPS) is 16.8. The van der Waals surface area contributed by atoms with Crippen LogP contribution >= 0.6 is 0 Å². The second-order valence-corrected chi connectivity index (χ2v) is 4.52. The topological polar surface area (TPSA) is 49.3 Å². The molecule has 0 saturated heterocycles. The minimum atomic E-state index is -0.0233. The van der Waals surface area contributed by atoms with E-state index in [1.165, 1.54) is 0 Å². The SMILES string of the molecule is O=C(NCC1(CCO)CC1)c1ccccc1. The first kappa shape index (κ1) is 11.1. The fraction of sp³-hybridized carbons (Fsp3) is 0.462. The van der Waals surface area contributed by atoms with Gasteiger partial charge in [0.1, 0.15) is 0 Å². The highest BCUT2D eigenvalue weighted by molar-refractivity contribution is 5.94. The molecular weight excluding hydrogens is 202 g/mol. The van der Waals surface area contributed by atoms with Crippen molar-refractivity contribution in [2.24, 2.45) is 5.41 Å². The maximum absolute atomic E-state index is 11.7. The Labute approximate surface area is 95.5 Å². The quantitative estimate of drug-likeness (QED) is 0.790. The molecule has 86 valence electrons. The van der Waals surface area contributed by atoms with Gasteiger partial charge in [-0.05, 0) is 36.8 Å². The Kier molecular flexibility index (Phi) is 3.25. The van der Waals surface area contributed by atoms with Crippen LogP contribution in [0.5, 0.6) is 0 Å². The third-order valence-corrected chi connectivity index (χ3v) is 3.26. The molecule has 1 amide bonds. The van der Waals surface area contributed by atoms with Crippen LogP contribution in [0.4, 0.5) is 0 Å². The van der Waals surface area contributed by atoms with Gasteiger partial charge >= 0.3 is 0 Å². The van der Waals surface area contributed by atoms with E-state index in [0.717, 1.165) is 19.3 Å². The molecule has 1 aromatic carbocycles. The zero-order chi connectivity index (χ0) is 11.4. The zero-order valence-electron chi connectivity index (χ0n) is 9.28. The van der Waals surface area contributed by atoms with Gasteiger partial charge < -0.3 is 10.4 Å².